The van der Waals surface area contributed by atoms with Crippen molar-refractivity contribution in [1.29, 1.82) is 0 Å². The van der Waals surface area contributed by atoms with Crippen LogP contribution in [0.15, 0.2) is 60.2 Å². The van der Waals surface area contributed by atoms with Crippen LogP contribution in [0.3, 0.4) is 0 Å². The third-order valence-electron chi connectivity index (χ3n) is 9.63. The summed E-state index contributed by atoms with van der Waals surface area (Å²) in [6.07, 6.45) is -1.27. The van der Waals surface area contributed by atoms with Gasteiger partial charge in [0.2, 0.25) is 5.79 Å². The van der Waals surface area contributed by atoms with Crippen LogP contribution in [0.4, 0.5) is 0 Å². The van der Waals surface area contributed by atoms with Gasteiger partial charge in [-0.3, -0.25) is 0 Å². The largest absolute Gasteiger partial charge is 0.508 e. The van der Waals surface area contributed by atoms with Crippen molar-refractivity contribution in [3.8, 4) is 11.5 Å². The molecule has 52 heavy (non-hydrogen) atoms. The van der Waals surface area contributed by atoms with Gasteiger partial charge in [0, 0.05) is 12.1 Å². The van der Waals surface area contributed by atoms with Crippen molar-refractivity contribution in [2.45, 2.75) is 120 Å². The van der Waals surface area contributed by atoms with E-state index in [1.165, 1.54) is 18.2 Å². The smallest absolute Gasteiger partial charge is 0.331 e. The number of aliphatic hydroxyl groups is 7. The molecule has 15 nitrogen and oxygen atoms in total. The Labute approximate surface area is 302 Å². The second kappa shape index (κ2) is 18.7. The fraction of sp³-hybridized carbons (Fsp3) is 0.595. The summed E-state index contributed by atoms with van der Waals surface area (Å²) < 4.78 is 28.9. The van der Waals surface area contributed by atoms with Crippen molar-refractivity contribution >= 4 is 5.97 Å². The number of esters is 1. The highest BCUT2D eigenvalue weighted by molar-refractivity contribution is 5.82. The number of fused-ring (bicyclic) bond motifs is 2. The quantitative estimate of drug-likeness (QED) is 0.0688. The van der Waals surface area contributed by atoms with Crippen LogP contribution in [0.2, 0.25) is 0 Å². The summed E-state index contributed by atoms with van der Waals surface area (Å²) in [6, 6.07) is 2.28. The molecule has 4 rings (SSSR count). The molecule has 1 aromatic carbocycles. The van der Waals surface area contributed by atoms with Crippen LogP contribution >= 0.6 is 0 Å². The van der Waals surface area contributed by atoms with Crippen molar-refractivity contribution in [1.82, 2.24) is 0 Å². The van der Waals surface area contributed by atoms with Crippen LogP contribution in [0, 0.1) is 5.92 Å². The zero-order valence-corrected chi connectivity index (χ0v) is 29.5. The lowest BCUT2D eigenvalue weighted by Crippen LogP contribution is -2.67. The highest BCUT2D eigenvalue weighted by atomic mass is 16.8. The van der Waals surface area contributed by atoms with Gasteiger partial charge in [0.1, 0.15) is 54.2 Å². The number of hydrogen-bond donors (Lipinski definition) is 9. The number of benzene rings is 1. The van der Waals surface area contributed by atoms with E-state index >= 15 is 0 Å². The Bertz CT molecular complexity index is 1460. The number of phenolic OH excluding ortho intramolecular Hbond substituents is 2. The molecule has 0 amide bonds. The Hall–Kier alpha value is -3.19. The minimum absolute atomic E-state index is 0.0847. The van der Waals surface area contributed by atoms with Gasteiger partial charge in [0.15, 0.2) is 12.4 Å². The predicted molar refractivity (Wildman–Crippen MR) is 183 cm³/mol. The lowest BCUT2D eigenvalue weighted by molar-refractivity contribution is -0.395. The number of ether oxygens (including phenoxy) is 5. The first-order chi connectivity index (χ1) is 24.8. The van der Waals surface area contributed by atoms with E-state index < -0.39 is 91.9 Å². The number of hydrogen-bond acceptors (Lipinski definition) is 15. The number of carbonyl (C=O) groups excluding carboxylic acids is 1. The molecule has 1 spiro atoms. The van der Waals surface area contributed by atoms with Crippen LogP contribution in [-0.2, 0) is 40.9 Å². The molecule has 15 heteroatoms. The first-order valence-corrected chi connectivity index (χ1v) is 17.4. The van der Waals surface area contributed by atoms with Gasteiger partial charge >= 0.3 is 5.97 Å². The Balaban J connectivity index is 1.51. The van der Waals surface area contributed by atoms with E-state index in [1.54, 1.807) is 6.08 Å². The first kappa shape index (κ1) is 41.6. The topological polar surface area (TPSA) is 245 Å². The molecule has 0 bridgehead atoms. The molecule has 12 atom stereocenters. The van der Waals surface area contributed by atoms with E-state index in [-0.39, 0.29) is 29.9 Å². The molecule has 1 aromatic rings. The van der Waals surface area contributed by atoms with E-state index in [9.17, 15) is 50.8 Å². The Kier molecular flexibility index (Phi) is 15.0. The lowest BCUT2D eigenvalue weighted by atomic mass is 9.86. The molecule has 3 aliphatic rings. The maximum absolute atomic E-state index is 13.2. The lowest BCUT2D eigenvalue weighted by Gasteiger charge is -2.50. The number of rotatable bonds is 15. The monoisotopic (exact) mass is 736 g/mol. The highest BCUT2D eigenvalue weighted by Crippen LogP contribution is 2.52. The van der Waals surface area contributed by atoms with Gasteiger partial charge in [0.25, 0.3) is 0 Å². The molecule has 0 aliphatic carbocycles. The van der Waals surface area contributed by atoms with E-state index in [1.807, 2.05) is 19.1 Å². The molecule has 2 fully saturated rings. The minimum Gasteiger partial charge on any atom is -0.508 e. The average molecular weight is 737 g/mol. The average Bonchev–Trinajstić information content (AvgIpc) is 3.48. The Morgan fingerprint density at radius 2 is 1.73 bits per heavy atom. The van der Waals surface area contributed by atoms with Crippen molar-refractivity contribution in [2.24, 2.45) is 5.92 Å². The number of carbonyl (C=O) groups is 1. The van der Waals surface area contributed by atoms with Gasteiger partial charge in [0.05, 0.1) is 31.5 Å². The maximum Gasteiger partial charge on any atom is 0.331 e. The van der Waals surface area contributed by atoms with Gasteiger partial charge < -0.3 is 69.6 Å². The predicted octanol–water partition coefficient (Wildman–Crippen LogP) is 0.822. The summed E-state index contributed by atoms with van der Waals surface area (Å²) in [5.74, 6) is -3.38. The normalized spacial score (nSPS) is 33.7. The molecule has 0 radical (unpaired) electrons. The highest BCUT2D eigenvalue weighted by Gasteiger charge is 2.63. The van der Waals surface area contributed by atoms with E-state index in [0.717, 1.165) is 37.0 Å². The van der Waals surface area contributed by atoms with E-state index in [2.05, 4.69) is 19.9 Å². The van der Waals surface area contributed by atoms with Crippen LogP contribution in [0.25, 0.3) is 0 Å². The summed E-state index contributed by atoms with van der Waals surface area (Å²) in [4.78, 5) is 13.2. The second-order valence-electron chi connectivity index (χ2n) is 13.4. The Morgan fingerprint density at radius 3 is 2.42 bits per heavy atom. The van der Waals surface area contributed by atoms with Crippen LogP contribution in [0.5, 0.6) is 11.5 Å². The fourth-order valence-electron chi connectivity index (χ4n) is 6.31. The number of aliphatic hydroxyl groups excluding tert-OH is 7. The fourth-order valence-corrected chi connectivity index (χ4v) is 6.31. The van der Waals surface area contributed by atoms with Gasteiger partial charge in [-0.25, -0.2) is 4.79 Å². The van der Waals surface area contributed by atoms with Crippen LogP contribution in [-0.4, -0.2) is 126 Å². The van der Waals surface area contributed by atoms with Crippen molar-refractivity contribution in [3.63, 3.8) is 0 Å². The number of phenols is 2. The van der Waals surface area contributed by atoms with Gasteiger partial charge in [-0.05, 0) is 49.3 Å². The maximum atomic E-state index is 13.2. The summed E-state index contributed by atoms with van der Waals surface area (Å²) in [5.41, 5.74) is 0.914. The van der Waals surface area contributed by atoms with E-state index in [4.69, 9.17) is 23.7 Å². The molecule has 2 saturated heterocycles. The van der Waals surface area contributed by atoms with Gasteiger partial charge in [-0.1, -0.05) is 56.7 Å². The van der Waals surface area contributed by atoms with Crippen LogP contribution < -0.4 is 0 Å². The molecule has 9 N–H and O–H groups in total. The summed E-state index contributed by atoms with van der Waals surface area (Å²) in [5, 5.41) is 94.0. The first-order valence-electron chi connectivity index (χ1n) is 17.4. The van der Waals surface area contributed by atoms with Crippen LogP contribution in [0.1, 0.15) is 57.6 Å². The number of aromatic hydroxyl groups is 2. The van der Waals surface area contributed by atoms with Gasteiger partial charge in [-0.15, -0.1) is 0 Å². The zero-order chi connectivity index (χ0) is 38.2. The Morgan fingerprint density at radius 1 is 1.00 bits per heavy atom. The van der Waals surface area contributed by atoms with Crippen molar-refractivity contribution in [3.05, 3.63) is 71.4 Å². The second-order valence-corrected chi connectivity index (χ2v) is 13.4. The molecule has 3 heterocycles. The molecule has 3 aliphatic heterocycles. The molecule has 0 saturated carbocycles. The third-order valence-corrected chi connectivity index (χ3v) is 9.63. The zero-order valence-electron chi connectivity index (χ0n) is 29.5. The van der Waals surface area contributed by atoms with Crippen molar-refractivity contribution < 1.29 is 74.4 Å². The molecule has 290 valence electrons. The summed E-state index contributed by atoms with van der Waals surface area (Å²) in [7, 11) is 0. The van der Waals surface area contributed by atoms with Gasteiger partial charge in [-0.2, -0.15) is 0 Å². The third kappa shape index (κ3) is 9.48. The molecule has 0 aromatic heterocycles. The SMILES string of the molecule is CCC(C)CC/C=C/C=C(\C)C(O)C/C=C/C=C/C(=O)O[C@@H]1[C@@H](O)[C@H](O[C@@H]2O[C@H](CO)[C@H](O)[C@H](O)[C@H]2O)[C@@H](CO)O[C@]12OCc1cc(O)cc(O)c12. The summed E-state index contributed by atoms with van der Waals surface area (Å²) >= 11 is 0. The summed E-state index contributed by atoms with van der Waals surface area (Å²) in [6.45, 7) is 4.32. The minimum atomic E-state index is -2.22. The standard InChI is InChI=1S/C37H52O15/c1-4-20(2)11-7-5-8-12-21(3)24(41)13-9-6-10-14-28(43)50-35-33(47)34(51-36-32(46)31(45)30(44)26(17-38)49-36)27(18-39)52-37(35)29-22(19-48-37)15-23(40)16-25(29)42/h5-6,8-10,12,14-16,20,24,26-27,30-36,38-42,44-47H,4,7,11,13,17-19H2,1-3H3/b8-5+,9-6+,14-10+,21-12+/t20?,24?,26-,27-,30+,31+,32-,33+,34-,35-,36+,37+/m1/s1. The van der Waals surface area contributed by atoms with Crippen molar-refractivity contribution in [2.75, 3.05) is 13.2 Å². The molecular formula is C37H52O15. The molecular weight excluding hydrogens is 684 g/mol. The van der Waals surface area contributed by atoms with E-state index in [0.29, 0.717) is 5.92 Å². The molecule has 2 unspecified atom stereocenters. The number of allylic oxidation sites excluding steroid dienone is 5.